The highest BCUT2D eigenvalue weighted by molar-refractivity contribution is 7.22. The minimum atomic E-state index is -0.159. The molecule has 0 N–H and O–H groups in total. The summed E-state index contributed by atoms with van der Waals surface area (Å²) >= 11 is 1.52. The molecule has 0 fully saturated rings. The Morgan fingerprint density at radius 3 is 2.70 bits per heavy atom. The third kappa shape index (κ3) is 3.27. The van der Waals surface area contributed by atoms with Crippen LogP contribution < -0.4 is 14.4 Å². The standard InChI is InChI=1S/C23H19N3O3S/c1-14-6-7-15(2)21-20(14)25-23(30-21)26(12-17-5-3-4-10-24-17)22(27)16-8-9-18-19(11-16)29-13-28-18/h3-11H,12-13H2,1-2H3. The number of carbonyl (C=O) groups is 1. The molecule has 0 aliphatic carbocycles. The zero-order valence-electron chi connectivity index (χ0n) is 16.6. The van der Waals surface area contributed by atoms with Crippen LogP contribution in [0.25, 0.3) is 10.2 Å². The van der Waals surface area contributed by atoms with Gasteiger partial charge in [0, 0.05) is 11.8 Å². The molecule has 1 aliphatic rings. The highest BCUT2D eigenvalue weighted by Crippen LogP contribution is 2.36. The molecule has 0 radical (unpaired) electrons. The van der Waals surface area contributed by atoms with E-state index in [1.165, 1.54) is 11.3 Å². The van der Waals surface area contributed by atoms with E-state index in [1.54, 1.807) is 29.3 Å². The topological polar surface area (TPSA) is 64.6 Å². The van der Waals surface area contributed by atoms with Crippen molar-refractivity contribution >= 4 is 32.6 Å². The van der Waals surface area contributed by atoms with E-state index in [2.05, 4.69) is 24.0 Å². The van der Waals surface area contributed by atoms with Gasteiger partial charge < -0.3 is 9.47 Å². The lowest BCUT2D eigenvalue weighted by Crippen LogP contribution is -2.30. The molecule has 150 valence electrons. The third-order valence-corrected chi connectivity index (χ3v) is 6.29. The molecule has 0 spiro atoms. The predicted molar refractivity (Wildman–Crippen MR) is 116 cm³/mol. The number of carbonyl (C=O) groups excluding carboxylic acids is 1. The smallest absolute Gasteiger partial charge is 0.260 e. The number of ether oxygens (including phenoxy) is 2. The minimum Gasteiger partial charge on any atom is -0.454 e. The lowest BCUT2D eigenvalue weighted by atomic mass is 10.1. The van der Waals surface area contributed by atoms with Gasteiger partial charge >= 0.3 is 0 Å². The molecule has 2 aromatic carbocycles. The van der Waals surface area contributed by atoms with Gasteiger partial charge in [-0.05, 0) is 55.3 Å². The molecule has 1 amide bonds. The molecule has 0 bridgehead atoms. The number of anilines is 1. The second-order valence-electron chi connectivity index (χ2n) is 7.15. The number of nitrogens with zero attached hydrogens (tertiary/aromatic N) is 3. The second-order valence-corrected chi connectivity index (χ2v) is 8.13. The summed E-state index contributed by atoms with van der Waals surface area (Å²) in [7, 11) is 0. The second kappa shape index (κ2) is 7.42. The molecule has 0 saturated heterocycles. The molecule has 5 rings (SSSR count). The monoisotopic (exact) mass is 417 g/mol. The number of thiazole rings is 1. The first-order valence-electron chi connectivity index (χ1n) is 9.58. The maximum Gasteiger partial charge on any atom is 0.260 e. The number of benzene rings is 2. The maximum absolute atomic E-state index is 13.6. The number of pyridine rings is 1. The molecule has 6 nitrogen and oxygen atoms in total. The van der Waals surface area contributed by atoms with Crippen molar-refractivity contribution < 1.29 is 14.3 Å². The Morgan fingerprint density at radius 1 is 1.07 bits per heavy atom. The molecular formula is C23H19N3O3S. The third-order valence-electron chi connectivity index (χ3n) is 5.07. The summed E-state index contributed by atoms with van der Waals surface area (Å²) in [6.45, 7) is 4.59. The van der Waals surface area contributed by atoms with E-state index in [-0.39, 0.29) is 12.7 Å². The van der Waals surface area contributed by atoms with Crippen LogP contribution in [0.2, 0.25) is 0 Å². The maximum atomic E-state index is 13.6. The highest BCUT2D eigenvalue weighted by atomic mass is 32.1. The normalized spacial score (nSPS) is 12.3. The Kier molecular flexibility index (Phi) is 4.59. The van der Waals surface area contributed by atoms with Gasteiger partial charge in [-0.25, -0.2) is 4.98 Å². The van der Waals surface area contributed by atoms with Gasteiger partial charge in [-0.15, -0.1) is 0 Å². The van der Waals surface area contributed by atoms with Gasteiger partial charge in [0.25, 0.3) is 5.91 Å². The van der Waals surface area contributed by atoms with Gasteiger partial charge in [-0.3, -0.25) is 14.7 Å². The van der Waals surface area contributed by atoms with E-state index >= 15 is 0 Å². The van der Waals surface area contributed by atoms with Gasteiger partial charge in [-0.2, -0.15) is 0 Å². The number of amides is 1. The number of fused-ring (bicyclic) bond motifs is 2. The molecule has 1 aliphatic heterocycles. The molecule has 0 atom stereocenters. The first-order chi connectivity index (χ1) is 14.6. The van der Waals surface area contributed by atoms with E-state index in [4.69, 9.17) is 14.5 Å². The van der Waals surface area contributed by atoms with Crippen LogP contribution in [0, 0.1) is 13.8 Å². The minimum absolute atomic E-state index is 0.159. The van der Waals surface area contributed by atoms with E-state index in [1.807, 2.05) is 25.1 Å². The number of aryl methyl sites for hydroxylation is 2. The average Bonchev–Trinajstić information content (AvgIpc) is 3.42. The molecule has 0 unspecified atom stereocenters. The number of rotatable bonds is 4. The molecular weight excluding hydrogens is 398 g/mol. The van der Waals surface area contributed by atoms with Gasteiger partial charge in [-0.1, -0.05) is 29.5 Å². The van der Waals surface area contributed by atoms with Crippen molar-refractivity contribution in [3.05, 3.63) is 77.1 Å². The fraction of sp³-hybridized carbons (Fsp3) is 0.174. The summed E-state index contributed by atoms with van der Waals surface area (Å²) in [6, 6.07) is 15.1. The Balaban J connectivity index is 1.59. The van der Waals surface area contributed by atoms with Crippen molar-refractivity contribution in [2.45, 2.75) is 20.4 Å². The van der Waals surface area contributed by atoms with Crippen LogP contribution in [-0.4, -0.2) is 22.7 Å². The Hall–Kier alpha value is -3.45. The molecule has 7 heteroatoms. The molecule has 0 saturated carbocycles. The summed E-state index contributed by atoms with van der Waals surface area (Å²) in [5.74, 6) is 1.07. The van der Waals surface area contributed by atoms with E-state index < -0.39 is 0 Å². The fourth-order valence-electron chi connectivity index (χ4n) is 3.43. The number of aromatic nitrogens is 2. The van der Waals surface area contributed by atoms with E-state index in [0.29, 0.717) is 28.7 Å². The van der Waals surface area contributed by atoms with Gasteiger partial charge in [0.15, 0.2) is 16.6 Å². The van der Waals surface area contributed by atoms with Crippen LogP contribution in [0.15, 0.2) is 54.7 Å². The van der Waals surface area contributed by atoms with Crippen LogP contribution >= 0.6 is 11.3 Å². The SMILES string of the molecule is Cc1ccc(C)c2sc(N(Cc3ccccn3)C(=O)c3ccc4c(c3)OCO4)nc12. The first-order valence-corrected chi connectivity index (χ1v) is 10.4. The highest BCUT2D eigenvalue weighted by Gasteiger charge is 2.25. The molecule has 3 heterocycles. The summed E-state index contributed by atoms with van der Waals surface area (Å²) in [5, 5.41) is 0.649. The summed E-state index contributed by atoms with van der Waals surface area (Å²) in [4.78, 5) is 24.5. The van der Waals surface area contributed by atoms with Gasteiger partial charge in [0.1, 0.15) is 0 Å². The Labute approximate surface area is 177 Å². The average molecular weight is 417 g/mol. The summed E-state index contributed by atoms with van der Waals surface area (Å²) in [6.07, 6.45) is 1.73. The Morgan fingerprint density at radius 2 is 1.90 bits per heavy atom. The van der Waals surface area contributed by atoms with Crippen molar-refractivity contribution in [2.24, 2.45) is 0 Å². The summed E-state index contributed by atoms with van der Waals surface area (Å²) in [5.41, 5.74) is 4.47. The van der Waals surface area contributed by atoms with Crippen LogP contribution in [0.5, 0.6) is 11.5 Å². The lowest BCUT2D eigenvalue weighted by molar-refractivity contribution is 0.0984. The zero-order chi connectivity index (χ0) is 20.7. The van der Waals surface area contributed by atoms with Crippen molar-refractivity contribution in [1.82, 2.24) is 9.97 Å². The van der Waals surface area contributed by atoms with Gasteiger partial charge in [0.05, 0.1) is 22.5 Å². The molecule has 4 aromatic rings. The fourth-order valence-corrected chi connectivity index (χ4v) is 4.54. The van der Waals surface area contributed by atoms with Crippen molar-refractivity contribution in [1.29, 1.82) is 0 Å². The quantitative estimate of drug-likeness (QED) is 0.473. The van der Waals surface area contributed by atoms with Crippen molar-refractivity contribution in [2.75, 3.05) is 11.7 Å². The van der Waals surface area contributed by atoms with Crippen LogP contribution in [0.1, 0.15) is 27.2 Å². The van der Waals surface area contributed by atoms with E-state index in [9.17, 15) is 4.79 Å². The predicted octanol–water partition coefficient (Wildman–Crippen LogP) is 4.88. The number of hydrogen-bond acceptors (Lipinski definition) is 6. The van der Waals surface area contributed by atoms with Gasteiger partial charge in [0.2, 0.25) is 6.79 Å². The molecule has 30 heavy (non-hydrogen) atoms. The zero-order valence-corrected chi connectivity index (χ0v) is 17.4. The molecule has 2 aromatic heterocycles. The largest absolute Gasteiger partial charge is 0.454 e. The van der Waals surface area contributed by atoms with Crippen molar-refractivity contribution in [3.63, 3.8) is 0 Å². The first kappa shape index (κ1) is 18.6. The van der Waals surface area contributed by atoms with Crippen LogP contribution in [0.3, 0.4) is 0 Å². The van der Waals surface area contributed by atoms with Crippen molar-refractivity contribution in [3.8, 4) is 11.5 Å². The summed E-state index contributed by atoms with van der Waals surface area (Å²) < 4.78 is 11.9. The van der Waals surface area contributed by atoms with Crippen LogP contribution in [-0.2, 0) is 6.54 Å². The number of hydrogen-bond donors (Lipinski definition) is 0. The van der Waals surface area contributed by atoms with E-state index in [0.717, 1.165) is 27.0 Å². The van der Waals surface area contributed by atoms with Crippen LogP contribution in [0.4, 0.5) is 5.13 Å². The lowest BCUT2D eigenvalue weighted by Gasteiger charge is -2.19. The Bertz CT molecular complexity index is 1210.